The van der Waals surface area contributed by atoms with Gasteiger partial charge in [-0.15, -0.1) is 0 Å². The number of nitrogens with one attached hydrogen (secondary N) is 1. The molecule has 0 aliphatic rings. The molecule has 1 N–H and O–H groups in total. The topological polar surface area (TPSA) is 73.2 Å². The van der Waals surface area contributed by atoms with Crippen LogP contribution in [0.2, 0.25) is 0 Å². The highest BCUT2D eigenvalue weighted by Gasteiger charge is 2.13. The van der Waals surface area contributed by atoms with Crippen LogP contribution in [0, 0.1) is 6.92 Å². The first-order valence-electron chi connectivity index (χ1n) is 6.01. The van der Waals surface area contributed by atoms with Crippen LogP contribution in [-0.4, -0.2) is 28.8 Å². The van der Waals surface area contributed by atoms with Gasteiger partial charge in [-0.2, -0.15) is 5.10 Å². The van der Waals surface area contributed by atoms with Crippen molar-refractivity contribution in [3.63, 3.8) is 0 Å². The molecule has 1 aromatic carbocycles. The molecule has 0 atom stereocenters. The molecule has 1 heterocycles. The fourth-order valence-corrected chi connectivity index (χ4v) is 1.83. The number of amides is 1. The molecule has 0 spiro atoms. The van der Waals surface area contributed by atoms with Gasteiger partial charge < -0.3 is 10.1 Å². The zero-order valence-electron chi connectivity index (χ0n) is 11.5. The van der Waals surface area contributed by atoms with Gasteiger partial charge in [0.05, 0.1) is 12.7 Å². The molecule has 2 aromatic rings. The van der Waals surface area contributed by atoms with Gasteiger partial charge in [0, 0.05) is 18.9 Å². The van der Waals surface area contributed by atoms with E-state index < -0.39 is 5.97 Å². The molecular formula is C14H15N3O3. The van der Waals surface area contributed by atoms with Crippen LogP contribution in [0.1, 0.15) is 26.4 Å². The maximum absolute atomic E-state index is 12.1. The van der Waals surface area contributed by atoms with E-state index in [0.717, 1.165) is 5.56 Å². The van der Waals surface area contributed by atoms with Gasteiger partial charge in [-0.1, -0.05) is 0 Å². The first-order valence-corrected chi connectivity index (χ1v) is 6.01. The summed E-state index contributed by atoms with van der Waals surface area (Å²) in [6.45, 7) is 1.81. The van der Waals surface area contributed by atoms with E-state index in [4.69, 9.17) is 0 Å². The third-order valence-electron chi connectivity index (χ3n) is 2.95. The Morgan fingerprint density at radius 1 is 1.30 bits per heavy atom. The minimum absolute atomic E-state index is 0.251. The number of rotatable bonds is 3. The molecule has 6 nitrogen and oxygen atoms in total. The Kier molecular flexibility index (Phi) is 3.84. The minimum Gasteiger partial charge on any atom is -0.465 e. The Hall–Kier alpha value is -2.63. The first kappa shape index (κ1) is 13.8. The summed E-state index contributed by atoms with van der Waals surface area (Å²) in [5.74, 6) is -0.656. The Bertz CT molecular complexity index is 661. The molecule has 2 rings (SSSR count). The van der Waals surface area contributed by atoms with Crippen molar-refractivity contribution in [1.82, 2.24) is 9.78 Å². The predicted octanol–water partition coefficient (Wildman–Crippen LogP) is 1.77. The van der Waals surface area contributed by atoms with Gasteiger partial charge in [-0.25, -0.2) is 4.79 Å². The second-order valence-corrected chi connectivity index (χ2v) is 4.32. The van der Waals surface area contributed by atoms with Crippen LogP contribution < -0.4 is 5.32 Å². The number of ether oxygens (including phenoxy) is 1. The fraction of sp³-hybridized carbons (Fsp3) is 0.214. The van der Waals surface area contributed by atoms with Crippen LogP contribution in [0.5, 0.6) is 0 Å². The standard InChI is InChI=1S/C14H15N3O3/c1-9-8-10(14(19)20-3)4-5-11(9)16-13(18)12-6-7-15-17(12)2/h4-8H,1-3H3,(H,16,18). The van der Waals surface area contributed by atoms with Crippen LogP contribution in [-0.2, 0) is 11.8 Å². The van der Waals surface area contributed by atoms with Crippen molar-refractivity contribution in [2.24, 2.45) is 7.05 Å². The summed E-state index contributed by atoms with van der Waals surface area (Å²) in [6.07, 6.45) is 1.56. The highest BCUT2D eigenvalue weighted by molar-refractivity contribution is 6.03. The number of nitrogens with zero attached hydrogens (tertiary/aromatic N) is 2. The lowest BCUT2D eigenvalue weighted by Crippen LogP contribution is -2.17. The van der Waals surface area contributed by atoms with E-state index in [9.17, 15) is 9.59 Å². The lowest BCUT2D eigenvalue weighted by molar-refractivity contribution is 0.0600. The molecule has 0 fully saturated rings. The largest absolute Gasteiger partial charge is 0.465 e. The van der Waals surface area contributed by atoms with E-state index in [1.807, 2.05) is 6.92 Å². The van der Waals surface area contributed by atoms with E-state index in [0.29, 0.717) is 16.9 Å². The quantitative estimate of drug-likeness (QED) is 0.865. The van der Waals surface area contributed by atoms with Crippen molar-refractivity contribution in [2.45, 2.75) is 6.92 Å². The Labute approximate surface area is 116 Å². The van der Waals surface area contributed by atoms with Crippen molar-refractivity contribution in [3.05, 3.63) is 47.3 Å². The summed E-state index contributed by atoms with van der Waals surface area (Å²) in [5, 5.41) is 6.73. The van der Waals surface area contributed by atoms with Crippen LogP contribution in [0.25, 0.3) is 0 Å². The van der Waals surface area contributed by atoms with Gasteiger partial charge in [-0.3, -0.25) is 9.48 Å². The highest BCUT2D eigenvalue weighted by atomic mass is 16.5. The summed E-state index contributed by atoms with van der Waals surface area (Å²) in [7, 11) is 3.03. The number of aromatic nitrogens is 2. The monoisotopic (exact) mass is 273 g/mol. The molecule has 0 bridgehead atoms. The molecule has 0 aliphatic carbocycles. The van der Waals surface area contributed by atoms with E-state index in [-0.39, 0.29) is 5.91 Å². The van der Waals surface area contributed by atoms with Gasteiger partial charge in [-0.05, 0) is 36.8 Å². The molecule has 0 aliphatic heterocycles. The average Bonchev–Trinajstić information content (AvgIpc) is 2.86. The summed E-state index contributed by atoms with van der Waals surface area (Å²) in [5.41, 5.74) is 2.33. The maximum atomic E-state index is 12.1. The minimum atomic E-state index is -0.405. The number of carbonyl (C=O) groups is 2. The van der Waals surface area contributed by atoms with Gasteiger partial charge >= 0.3 is 5.97 Å². The third-order valence-corrected chi connectivity index (χ3v) is 2.95. The lowest BCUT2D eigenvalue weighted by atomic mass is 10.1. The second-order valence-electron chi connectivity index (χ2n) is 4.32. The Morgan fingerprint density at radius 3 is 2.60 bits per heavy atom. The Balaban J connectivity index is 2.20. The molecule has 1 amide bonds. The van der Waals surface area contributed by atoms with Gasteiger partial charge in [0.25, 0.3) is 5.91 Å². The zero-order chi connectivity index (χ0) is 14.7. The number of hydrogen-bond donors (Lipinski definition) is 1. The molecule has 1 aromatic heterocycles. The number of aryl methyl sites for hydroxylation is 2. The summed E-state index contributed by atoms with van der Waals surface area (Å²) in [4.78, 5) is 23.5. The van der Waals surface area contributed by atoms with Crippen molar-refractivity contribution < 1.29 is 14.3 Å². The number of esters is 1. The number of methoxy groups -OCH3 is 1. The number of anilines is 1. The molecule has 0 unspecified atom stereocenters. The van der Waals surface area contributed by atoms with E-state index in [1.165, 1.54) is 11.8 Å². The maximum Gasteiger partial charge on any atom is 0.337 e. The molecule has 0 saturated heterocycles. The SMILES string of the molecule is COC(=O)c1ccc(NC(=O)c2ccnn2C)c(C)c1. The Morgan fingerprint density at radius 2 is 2.05 bits per heavy atom. The summed E-state index contributed by atoms with van der Waals surface area (Å²) in [6, 6.07) is 6.59. The third kappa shape index (κ3) is 2.69. The zero-order valence-corrected chi connectivity index (χ0v) is 11.5. The van der Waals surface area contributed by atoms with Crippen molar-refractivity contribution >= 4 is 17.6 Å². The van der Waals surface area contributed by atoms with Crippen LogP contribution in [0.15, 0.2) is 30.5 Å². The molecule has 104 valence electrons. The van der Waals surface area contributed by atoms with Gasteiger partial charge in [0.1, 0.15) is 5.69 Å². The molecular weight excluding hydrogens is 258 g/mol. The normalized spacial score (nSPS) is 10.2. The molecule has 0 saturated carbocycles. The molecule has 0 radical (unpaired) electrons. The van der Waals surface area contributed by atoms with Crippen LogP contribution >= 0.6 is 0 Å². The van der Waals surface area contributed by atoms with Gasteiger partial charge in [0.15, 0.2) is 0 Å². The van der Waals surface area contributed by atoms with Crippen molar-refractivity contribution in [1.29, 1.82) is 0 Å². The summed E-state index contributed by atoms with van der Waals surface area (Å²) < 4.78 is 6.14. The van der Waals surface area contributed by atoms with Crippen LogP contribution in [0.4, 0.5) is 5.69 Å². The number of benzene rings is 1. The van der Waals surface area contributed by atoms with Crippen LogP contribution in [0.3, 0.4) is 0 Å². The molecule has 6 heteroatoms. The predicted molar refractivity (Wildman–Crippen MR) is 73.7 cm³/mol. The smallest absolute Gasteiger partial charge is 0.337 e. The average molecular weight is 273 g/mol. The lowest BCUT2D eigenvalue weighted by Gasteiger charge is -2.09. The van der Waals surface area contributed by atoms with Crippen molar-refractivity contribution in [2.75, 3.05) is 12.4 Å². The first-order chi connectivity index (χ1) is 9.52. The second kappa shape index (κ2) is 5.56. The molecule has 20 heavy (non-hydrogen) atoms. The van der Waals surface area contributed by atoms with E-state index in [2.05, 4.69) is 15.2 Å². The van der Waals surface area contributed by atoms with Crippen molar-refractivity contribution in [3.8, 4) is 0 Å². The van der Waals surface area contributed by atoms with E-state index >= 15 is 0 Å². The fourth-order valence-electron chi connectivity index (χ4n) is 1.83. The summed E-state index contributed by atoms with van der Waals surface area (Å²) >= 11 is 0. The highest BCUT2D eigenvalue weighted by Crippen LogP contribution is 2.18. The number of carbonyl (C=O) groups excluding carboxylic acids is 2. The van der Waals surface area contributed by atoms with Gasteiger partial charge in [0.2, 0.25) is 0 Å². The van der Waals surface area contributed by atoms with E-state index in [1.54, 1.807) is 37.5 Å². The number of hydrogen-bond acceptors (Lipinski definition) is 4.